The standard InChI is InChI=1S/C3H7O.C2H4O3.Zr/c1-3(2)4;3-1-2(4)5;/h3H,1-2H3;3H,1H2,(H,4,5);/q-1;;+1. The van der Waals surface area contributed by atoms with Gasteiger partial charge in [0.25, 0.3) is 0 Å². The van der Waals surface area contributed by atoms with E-state index in [1.807, 2.05) is 13.8 Å². The molecule has 0 fully saturated rings. The van der Waals surface area contributed by atoms with Crippen molar-refractivity contribution in [3.8, 4) is 0 Å². The molecule has 0 aliphatic carbocycles. The molecule has 0 radical (unpaired) electrons. The largest absolute Gasteiger partial charge is 0.480 e. The minimum absolute atomic E-state index is 0.424. The third-order valence-corrected chi connectivity index (χ3v) is 1.53. The Hall–Kier alpha value is 0.273. The third kappa shape index (κ3) is 24.0. The summed E-state index contributed by atoms with van der Waals surface area (Å²) in [4.78, 5) is 9.12. The topological polar surface area (TPSA) is 66.8 Å². The Morgan fingerprint density at radius 2 is 1.90 bits per heavy atom. The maximum absolute atomic E-state index is 9.12. The fourth-order valence-electron chi connectivity index (χ4n) is 0. The van der Waals surface area contributed by atoms with Crippen molar-refractivity contribution in [3.05, 3.63) is 0 Å². The van der Waals surface area contributed by atoms with Gasteiger partial charge in [-0.15, -0.1) is 0 Å². The van der Waals surface area contributed by atoms with Gasteiger partial charge in [0, 0.05) is 0 Å². The minimum Gasteiger partial charge on any atom is -0.480 e. The van der Waals surface area contributed by atoms with Crippen molar-refractivity contribution in [2.24, 2.45) is 0 Å². The molecule has 59 valence electrons. The number of aliphatic carboxylic acids is 1. The Morgan fingerprint density at radius 1 is 1.70 bits per heavy atom. The zero-order chi connectivity index (χ0) is 8.57. The van der Waals surface area contributed by atoms with Crippen LogP contribution in [0.5, 0.6) is 0 Å². The van der Waals surface area contributed by atoms with Crippen molar-refractivity contribution in [1.82, 2.24) is 0 Å². The molecule has 0 spiro atoms. The monoisotopic (exact) mass is 225 g/mol. The zero-order valence-electron chi connectivity index (χ0n) is 6.00. The Labute approximate surface area is 75.7 Å². The minimum atomic E-state index is -1.19. The number of rotatable bonds is 2. The van der Waals surface area contributed by atoms with Gasteiger partial charge in [0.2, 0.25) is 0 Å². The third-order valence-electron chi connectivity index (χ3n) is 0.371. The van der Waals surface area contributed by atoms with E-state index in [0.29, 0.717) is 6.10 Å². The van der Waals surface area contributed by atoms with Crippen molar-refractivity contribution < 1.29 is 43.0 Å². The van der Waals surface area contributed by atoms with Gasteiger partial charge in [-0.3, -0.25) is 0 Å². The van der Waals surface area contributed by atoms with Crippen molar-refractivity contribution in [1.29, 1.82) is 0 Å². The molecule has 0 bridgehead atoms. The van der Waals surface area contributed by atoms with Gasteiger partial charge in [-0.05, 0) is 0 Å². The van der Waals surface area contributed by atoms with E-state index in [-0.39, 0.29) is 0 Å². The number of hydrogen-bond acceptors (Lipinski definition) is 3. The average molecular weight is 226 g/mol. The smallest absolute Gasteiger partial charge is 0.329 e. The molecule has 0 saturated heterocycles. The second kappa shape index (κ2) is 9.27. The van der Waals surface area contributed by atoms with Crippen LogP contribution < -0.4 is 0 Å². The molecule has 4 nitrogen and oxygen atoms in total. The van der Waals surface area contributed by atoms with Gasteiger partial charge >= 0.3 is 53.9 Å². The Morgan fingerprint density at radius 3 is 1.90 bits per heavy atom. The van der Waals surface area contributed by atoms with E-state index >= 15 is 0 Å². The normalized spacial score (nSPS) is 8.30. The first-order chi connectivity index (χ1) is 4.54. The summed E-state index contributed by atoms with van der Waals surface area (Å²) in [5.74, 6) is -1.19. The summed E-state index contributed by atoms with van der Waals surface area (Å²) < 4.78 is 4.84. The number of aliphatic hydroxyl groups excluding tert-OH is 1. The van der Waals surface area contributed by atoms with Gasteiger partial charge in [-0.2, -0.15) is 0 Å². The summed E-state index contributed by atoms with van der Waals surface area (Å²) in [6, 6.07) is 0. The van der Waals surface area contributed by atoms with E-state index in [9.17, 15) is 0 Å². The van der Waals surface area contributed by atoms with Crippen molar-refractivity contribution >= 4 is 5.97 Å². The van der Waals surface area contributed by atoms with Crippen molar-refractivity contribution in [2.45, 2.75) is 20.0 Å². The fraction of sp³-hybridized carbons (Fsp3) is 0.800. The molecule has 0 atom stereocenters. The van der Waals surface area contributed by atoms with Crippen LogP contribution in [-0.2, 0) is 32.8 Å². The van der Waals surface area contributed by atoms with Crippen LogP contribution in [-0.4, -0.2) is 28.9 Å². The predicted molar refractivity (Wildman–Crippen MR) is 30.9 cm³/mol. The molecule has 5 heteroatoms. The van der Waals surface area contributed by atoms with Crippen molar-refractivity contribution in [3.63, 3.8) is 0 Å². The first kappa shape index (κ1) is 12.9. The molecule has 2 N–H and O–H groups in total. The average Bonchev–Trinajstić information content (AvgIpc) is 1.89. The molecule has 0 amide bonds. The van der Waals surface area contributed by atoms with Gasteiger partial charge in [-0.25, -0.2) is 4.79 Å². The molecule has 0 aromatic heterocycles. The number of carboxylic acid groups (broad SMARTS) is 1. The van der Waals surface area contributed by atoms with Crippen LogP contribution in [0.3, 0.4) is 0 Å². The molecule has 0 rings (SSSR count). The van der Waals surface area contributed by atoms with E-state index in [2.05, 4.69) is 0 Å². The second-order valence-electron chi connectivity index (χ2n) is 1.72. The molecule has 10 heavy (non-hydrogen) atoms. The maximum Gasteiger partial charge on any atom is 0.329 e. The first-order valence-electron chi connectivity index (χ1n) is 2.69. The summed E-state index contributed by atoms with van der Waals surface area (Å²) in [5.41, 5.74) is 0. The van der Waals surface area contributed by atoms with Crippen LogP contribution in [0.2, 0.25) is 0 Å². The van der Waals surface area contributed by atoms with Gasteiger partial charge < -0.3 is 10.2 Å². The number of hydrogen-bond donors (Lipinski definition) is 2. The Balaban J connectivity index is 0. The fourth-order valence-corrected chi connectivity index (χ4v) is 0. The molecule has 0 aromatic carbocycles. The quantitative estimate of drug-likeness (QED) is 0.692. The van der Waals surface area contributed by atoms with Crippen molar-refractivity contribution in [2.75, 3.05) is 6.61 Å². The Kier molecular flexibility index (Phi) is 12.0. The van der Waals surface area contributed by atoms with Crippen LogP contribution in [0.1, 0.15) is 13.8 Å². The predicted octanol–water partition coefficient (Wildman–Crippen LogP) is -0.0635. The van der Waals surface area contributed by atoms with Crippen LogP contribution in [0.25, 0.3) is 0 Å². The van der Waals surface area contributed by atoms with Crippen LogP contribution in [0, 0.1) is 0 Å². The second-order valence-corrected chi connectivity index (χ2v) is 2.30. The summed E-state index contributed by atoms with van der Waals surface area (Å²) in [6.07, 6.45) is 0.424. The summed E-state index contributed by atoms with van der Waals surface area (Å²) in [6.45, 7) is 3.27. The molecule has 0 aromatic rings. The molecule has 0 aliphatic heterocycles. The van der Waals surface area contributed by atoms with E-state index in [1.54, 1.807) is 0 Å². The van der Waals surface area contributed by atoms with E-state index in [0.717, 1.165) is 25.2 Å². The molecule has 0 unspecified atom stereocenters. The number of carboxylic acids is 1. The van der Waals surface area contributed by atoms with Gasteiger partial charge in [0.15, 0.2) is 0 Å². The maximum atomic E-state index is 9.12. The summed E-state index contributed by atoms with van der Waals surface area (Å²) in [7, 11) is 0. The number of carbonyl (C=O) groups is 1. The summed E-state index contributed by atoms with van der Waals surface area (Å²) in [5, 5.41) is 15.0. The molecule has 0 saturated carbocycles. The Bertz CT molecular complexity index is 83.7. The SMILES string of the molecule is CC(C)[O][Zr].O=C(O)CO. The molecular formula is C5H11O4Zr. The van der Waals surface area contributed by atoms with Crippen LogP contribution in [0.4, 0.5) is 0 Å². The zero-order valence-corrected chi connectivity index (χ0v) is 8.45. The van der Waals surface area contributed by atoms with Crippen LogP contribution in [0.15, 0.2) is 0 Å². The van der Waals surface area contributed by atoms with Gasteiger partial charge in [-0.1, -0.05) is 0 Å². The van der Waals surface area contributed by atoms with E-state index in [1.165, 1.54) is 0 Å². The first-order valence-corrected chi connectivity index (χ1v) is 3.70. The van der Waals surface area contributed by atoms with Gasteiger partial charge in [0.05, 0.1) is 0 Å². The molecular weight excluding hydrogens is 215 g/mol. The molecule has 0 heterocycles. The molecule has 0 aliphatic rings. The van der Waals surface area contributed by atoms with E-state index in [4.69, 9.17) is 17.8 Å². The van der Waals surface area contributed by atoms with E-state index < -0.39 is 12.6 Å². The van der Waals surface area contributed by atoms with Crippen LogP contribution >= 0.6 is 0 Å². The van der Waals surface area contributed by atoms with Gasteiger partial charge in [0.1, 0.15) is 6.61 Å². The summed E-state index contributed by atoms with van der Waals surface area (Å²) >= 11 is 1.16. The number of aliphatic hydroxyl groups is 1.